The van der Waals surface area contributed by atoms with Gasteiger partial charge in [-0.3, -0.25) is 9.78 Å². The van der Waals surface area contributed by atoms with E-state index in [4.69, 9.17) is 0 Å². The van der Waals surface area contributed by atoms with Crippen molar-refractivity contribution in [3.8, 4) is 0 Å². The summed E-state index contributed by atoms with van der Waals surface area (Å²) in [5.74, 6) is -0.206. The van der Waals surface area contributed by atoms with Crippen molar-refractivity contribution in [2.75, 3.05) is 32.1 Å². The zero-order chi connectivity index (χ0) is 16.8. The first-order valence-electron chi connectivity index (χ1n) is 7.45. The smallest absolute Gasteiger partial charge is 0.263 e. The number of anilines is 1. The first-order valence-corrected chi connectivity index (χ1v) is 8.26. The molecule has 0 spiro atoms. The Balaban J connectivity index is 1.94. The van der Waals surface area contributed by atoms with Gasteiger partial charge in [-0.05, 0) is 25.5 Å². The second-order valence-electron chi connectivity index (χ2n) is 5.59. The third-order valence-corrected chi connectivity index (χ3v) is 4.73. The van der Waals surface area contributed by atoms with Crippen LogP contribution in [0.4, 0.5) is 5.13 Å². The van der Waals surface area contributed by atoms with Crippen molar-refractivity contribution in [3.05, 3.63) is 40.7 Å². The van der Waals surface area contributed by atoms with E-state index in [0.29, 0.717) is 17.8 Å². The number of carbonyl (C=O) groups excluding carboxylic acids is 1. The van der Waals surface area contributed by atoms with Crippen molar-refractivity contribution < 1.29 is 9.90 Å². The van der Waals surface area contributed by atoms with E-state index >= 15 is 0 Å². The number of rotatable bonds is 7. The first-order chi connectivity index (χ1) is 11.0. The van der Waals surface area contributed by atoms with Gasteiger partial charge in [-0.25, -0.2) is 4.98 Å². The molecule has 7 heteroatoms. The minimum atomic E-state index is -0.146. The summed E-state index contributed by atoms with van der Waals surface area (Å²) < 4.78 is 0. The second kappa shape index (κ2) is 8.03. The Morgan fingerprint density at radius 3 is 2.78 bits per heavy atom. The Kier molecular flexibility index (Phi) is 6.06. The Morgan fingerprint density at radius 2 is 2.22 bits per heavy atom. The van der Waals surface area contributed by atoms with Gasteiger partial charge in [0, 0.05) is 45.1 Å². The summed E-state index contributed by atoms with van der Waals surface area (Å²) in [5.41, 5.74) is 1.63. The van der Waals surface area contributed by atoms with E-state index in [1.54, 1.807) is 6.20 Å². The maximum Gasteiger partial charge on any atom is 0.263 e. The van der Waals surface area contributed by atoms with Crippen LogP contribution in [0.15, 0.2) is 24.4 Å². The van der Waals surface area contributed by atoms with Crippen LogP contribution < -0.4 is 10.2 Å². The number of thiazole rings is 1. The summed E-state index contributed by atoms with van der Waals surface area (Å²) in [4.78, 5) is 23.4. The van der Waals surface area contributed by atoms with E-state index in [2.05, 4.69) is 15.3 Å². The molecule has 2 aromatic heterocycles. The molecule has 2 N–H and O–H groups in total. The van der Waals surface area contributed by atoms with Crippen LogP contribution in [-0.4, -0.2) is 48.2 Å². The summed E-state index contributed by atoms with van der Waals surface area (Å²) >= 11 is 1.37. The van der Waals surface area contributed by atoms with E-state index in [0.717, 1.165) is 16.5 Å². The normalized spacial score (nSPS) is 12.0. The SMILES string of the molecule is Cc1nc(N(C)C)sc1C(=O)NCC(CO)Cc1ccccn1. The lowest BCUT2D eigenvalue weighted by atomic mass is 10.0. The maximum absolute atomic E-state index is 12.3. The van der Waals surface area contributed by atoms with Crippen molar-refractivity contribution in [2.45, 2.75) is 13.3 Å². The van der Waals surface area contributed by atoms with Gasteiger partial charge in [0.05, 0.1) is 5.69 Å². The van der Waals surface area contributed by atoms with Gasteiger partial charge < -0.3 is 15.3 Å². The third-order valence-electron chi connectivity index (χ3n) is 3.41. The Morgan fingerprint density at radius 1 is 1.43 bits per heavy atom. The van der Waals surface area contributed by atoms with Crippen LogP contribution in [0.5, 0.6) is 0 Å². The van der Waals surface area contributed by atoms with Gasteiger partial charge in [0.25, 0.3) is 5.91 Å². The first kappa shape index (κ1) is 17.4. The molecule has 124 valence electrons. The largest absolute Gasteiger partial charge is 0.396 e. The van der Waals surface area contributed by atoms with E-state index in [-0.39, 0.29) is 18.4 Å². The predicted octanol–water partition coefficient (Wildman–Crippen LogP) is 1.49. The molecule has 0 saturated carbocycles. The fourth-order valence-corrected chi connectivity index (χ4v) is 3.02. The molecule has 1 unspecified atom stereocenters. The molecule has 2 heterocycles. The summed E-state index contributed by atoms with van der Waals surface area (Å²) in [6.07, 6.45) is 2.36. The number of hydrogen-bond donors (Lipinski definition) is 2. The molecular formula is C16H22N4O2S. The van der Waals surface area contributed by atoms with Gasteiger partial charge in [0.1, 0.15) is 4.88 Å². The Hall–Kier alpha value is -1.99. The van der Waals surface area contributed by atoms with Gasteiger partial charge in [0.2, 0.25) is 0 Å². The summed E-state index contributed by atoms with van der Waals surface area (Å²) in [5, 5.41) is 13.2. The van der Waals surface area contributed by atoms with Crippen LogP contribution in [0.3, 0.4) is 0 Å². The zero-order valence-corrected chi connectivity index (χ0v) is 14.4. The van der Waals surface area contributed by atoms with Crippen LogP contribution in [-0.2, 0) is 6.42 Å². The highest BCUT2D eigenvalue weighted by Gasteiger charge is 2.18. The molecule has 0 radical (unpaired) electrons. The number of aryl methyl sites for hydroxylation is 1. The zero-order valence-electron chi connectivity index (χ0n) is 13.6. The summed E-state index contributed by atoms with van der Waals surface area (Å²) in [6.45, 7) is 2.23. The van der Waals surface area contributed by atoms with Gasteiger partial charge in [0.15, 0.2) is 5.13 Å². The quantitative estimate of drug-likeness (QED) is 0.802. The van der Waals surface area contributed by atoms with Crippen LogP contribution in [0, 0.1) is 12.8 Å². The molecule has 1 amide bonds. The summed E-state index contributed by atoms with van der Waals surface area (Å²) in [6, 6.07) is 5.69. The number of aromatic nitrogens is 2. The van der Waals surface area contributed by atoms with Gasteiger partial charge in [-0.15, -0.1) is 0 Å². The fraction of sp³-hybridized carbons (Fsp3) is 0.438. The predicted molar refractivity (Wildman–Crippen MR) is 92.0 cm³/mol. The number of aliphatic hydroxyl groups is 1. The number of hydrogen-bond acceptors (Lipinski definition) is 6. The third kappa shape index (κ3) is 4.74. The van der Waals surface area contributed by atoms with E-state index < -0.39 is 0 Å². The number of aliphatic hydroxyl groups excluding tert-OH is 1. The number of amides is 1. The number of nitrogens with zero attached hydrogens (tertiary/aromatic N) is 3. The average Bonchev–Trinajstić information content (AvgIpc) is 2.94. The van der Waals surface area contributed by atoms with Crippen molar-refractivity contribution in [3.63, 3.8) is 0 Å². The van der Waals surface area contributed by atoms with E-state index in [1.807, 2.05) is 44.1 Å². The van der Waals surface area contributed by atoms with Crippen LogP contribution in [0.1, 0.15) is 21.1 Å². The highest BCUT2D eigenvalue weighted by Crippen LogP contribution is 2.24. The van der Waals surface area contributed by atoms with Gasteiger partial charge >= 0.3 is 0 Å². The number of nitrogens with one attached hydrogen (secondary N) is 1. The molecule has 0 saturated heterocycles. The monoisotopic (exact) mass is 334 g/mol. The molecule has 2 rings (SSSR count). The van der Waals surface area contributed by atoms with Gasteiger partial charge in [-0.2, -0.15) is 0 Å². The van der Waals surface area contributed by atoms with Crippen molar-refractivity contribution in [1.82, 2.24) is 15.3 Å². The standard InChI is InChI=1S/C16H22N4O2S/c1-11-14(23-16(19-11)20(2)3)15(22)18-9-12(10-21)8-13-6-4-5-7-17-13/h4-7,12,21H,8-10H2,1-3H3,(H,18,22). The Bertz CT molecular complexity index is 643. The molecule has 23 heavy (non-hydrogen) atoms. The highest BCUT2D eigenvalue weighted by atomic mass is 32.1. The highest BCUT2D eigenvalue weighted by molar-refractivity contribution is 7.17. The number of pyridine rings is 1. The lowest BCUT2D eigenvalue weighted by Gasteiger charge is -2.14. The van der Waals surface area contributed by atoms with Crippen LogP contribution in [0.25, 0.3) is 0 Å². The molecule has 1 atom stereocenters. The molecule has 0 aliphatic heterocycles. The second-order valence-corrected chi connectivity index (χ2v) is 6.57. The van der Waals surface area contributed by atoms with Gasteiger partial charge in [-0.1, -0.05) is 17.4 Å². The van der Waals surface area contributed by atoms with Crippen molar-refractivity contribution in [1.29, 1.82) is 0 Å². The molecule has 0 aliphatic carbocycles. The topological polar surface area (TPSA) is 78.4 Å². The molecule has 0 fully saturated rings. The maximum atomic E-state index is 12.3. The molecule has 0 aromatic carbocycles. The fourth-order valence-electron chi connectivity index (χ4n) is 2.12. The van der Waals surface area contributed by atoms with Crippen LogP contribution in [0.2, 0.25) is 0 Å². The summed E-state index contributed by atoms with van der Waals surface area (Å²) in [7, 11) is 3.79. The molecule has 0 aliphatic rings. The minimum Gasteiger partial charge on any atom is -0.396 e. The minimum absolute atomic E-state index is 0.00146. The van der Waals surface area contributed by atoms with Crippen LogP contribution >= 0.6 is 11.3 Å². The van der Waals surface area contributed by atoms with Crippen molar-refractivity contribution >= 4 is 22.4 Å². The lowest BCUT2D eigenvalue weighted by Crippen LogP contribution is -2.31. The molecular weight excluding hydrogens is 312 g/mol. The van der Waals surface area contributed by atoms with E-state index in [1.165, 1.54) is 11.3 Å². The number of carbonyl (C=O) groups is 1. The molecule has 0 bridgehead atoms. The van der Waals surface area contributed by atoms with Crippen molar-refractivity contribution in [2.24, 2.45) is 5.92 Å². The Labute approximate surface area is 140 Å². The van der Waals surface area contributed by atoms with E-state index in [9.17, 15) is 9.90 Å². The molecule has 2 aromatic rings. The average molecular weight is 334 g/mol. The molecule has 6 nitrogen and oxygen atoms in total. The lowest BCUT2D eigenvalue weighted by molar-refractivity contribution is 0.0943.